The van der Waals surface area contributed by atoms with Crippen molar-refractivity contribution in [2.75, 3.05) is 0 Å². The average molecular weight is 306 g/mol. The van der Waals surface area contributed by atoms with Gasteiger partial charge >= 0.3 is 0 Å². The van der Waals surface area contributed by atoms with Crippen molar-refractivity contribution in [1.29, 1.82) is 0 Å². The summed E-state index contributed by atoms with van der Waals surface area (Å²) in [5.41, 5.74) is 12.8. The van der Waals surface area contributed by atoms with E-state index in [0.717, 1.165) is 0 Å². The maximum absolute atomic E-state index is 12.3. The number of phenolic OH excluding ortho intramolecular Hbond substituents is 1. The first-order chi connectivity index (χ1) is 11.0. The standard InChI is InChI=1S/C17H14N4O2/c18-17(19)21-16(23)13-9-15(10-4-3-5-11(22)8-10)20-14-7-2-1-6-12(13)14/h1-9,22H,(H4,18,19,21,23). The molecular weight excluding hydrogens is 292 g/mol. The summed E-state index contributed by atoms with van der Waals surface area (Å²) in [7, 11) is 0. The normalized spacial score (nSPS) is 10.4. The van der Waals surface area contributed by atoms with Crippen molar-refractivity contribution in [2.24, 2.45) is 16.5 Å². The van der Waals surface area contributed by atoms with Crippen LogP contribution in [0.4, 0.5) is 0 Å². The van der Waals surface area contributed by atoms with Gasteiger partial charge in [0.15, 0.2) is 5.96 Å². The van der Waals surface area contributed by atoms with Crippen molar-refractivity contribution in [3.8, 4) is 17.0 Å². The molecule has 3 rings (SSSR count). The Kier molecular flexibility index (Phi) is 3.64. The molecule has 0 radical (unpaired) electrons. The molecule has 0 saturated carbocycles. The number of phenols is 1. The third-order valence-electron chi connectivity index (χ3n) is 3.32. The Morgan fingerprint density at radius 3 is 2.57 bits per heavy atom. The quantitative estimate of drug-likeness (QED) is 0.495. The predicted molar refractivity (Wildman–Crippen MR) is 89.0 cm³/mol. The minimum Gasteiger partial charge on any atom is -0.508 e. The van der Waals surface area contributed by atoms with Gasteiger partial charge in [0.2, 0.25) is 0 Å². The van der Waals surface area contributed by atoms with Crippen molar-refractivity contribution in [3.63, 3.8) is 0 Å². The second-order valence-corrected chi connectivity index (χ2v) is 4.96. The van der Waals surface area contributed by atoms with Gasteiger partial charge in [-0.3, -0.25) is 4.79 Å². The van der Waals surface area contributed by atoms with E-state index in [1.165, 1.54) is 0 Å². The summed E-state index contributed by atoms with van der Waals surface area (Å²) < 4.78 is 0. The molecule has 0 saturated heterocycles. The van der Waals surface area contributed by atoms with Gasteiger partial charge in [-0.05, 0) is 24.3 Å². The lowest BCUT2D eigenvalue weighted by molar-refractivity contribution is 0.100. The average Bonchev–Trinajstić information content (AvgIpc) is 2.53. The van der Waals surface area contributed by atoms with Crippen LogP contribution in [0.1, 0.15) is 10.4 Å². The molecule has 6 heteroatoms. The summed E-state index contributed by atoms with van der Waals surface area (Å²) in [6.45, 7) is 0. The highest BCUT2D eigenvalue weighted by atomic mass is 16.3. The van der Waals surface area contributed by atoms with Crippen LogP contribution < -0.4 is 11.5 Å². The molecule has 1 heterocycles. The summed E-state index contributed by atoms with van der Waals surface area (Å²) in [5, 5.41) is 10.3. The molecule has 6 nitrogen and oxygen atoms in total. The van der Waals surface area contributed by atoms with Crippen molar-refractivity contribution in [2.45, 2.75) is 0 Å². The number of nitrogens with two attached hydrogens (primary N) is 2. The number of aromatic nitrogens is 1. The molecule has 0 atom stereocenters. The largest absolute Gasteiger partial charge is 0.508 e. The predicted octanol–water partition coefficient (Wildman–Crippen LogP) is 2.02. The van der Waals surface area contributed by atoms with Gasteiger partial charge in [0.1, 0.15) is 5.75 Å². The number of benzene rings is 2. The molecule has 0 aliphatic rings. The molecule has 0 aliphatic heterocycles. The van der Waals surface area contributed by atoms with Crippen molar-refractivity contribution >= 4 is 22.8 Å². The van der Waals surface area contributed by atoms with Gasteiger partial charge in [0.25, 0.3) is 5.91 Å². The van der Waals surface area contributed by atoms with Crippen LogP contribution in [-0.4, -0.2) is 22.0 Å². The lowest BCUT2D eigenvalue weighted by Crippen LogP contribution is -2.24. The molecule has 23 heavy (non-hydrogen) atoms. The maximum atomic E-state index is 12.3. The summed E-state index contributed by atoms with van der Waals surface area (Å²) in [6.07, 6.45) is 0. The van der Waals surface area contributed by atoms with Gasteiger partial charge in [-0.1, -0.05) is 30.3 Å². The van der Waals surface area contributed by atoms with E-state index in [0.29, 0.717) is 27.7 Å². The Labute approximate surface area is 132 Å². The second kappa shape index (κ2) is 5.76. The van der Waals surface area contributed by atoms with E-state index in [1.54, 1.807) is 42.5 Å². The first-order valence-electron chi connectivity index (χ1n) is 6.88. The van der Waals surface area contributed by atoms with Gasteiger partial charge in [-0.25, -0.2) is 4.98 Å². The Bertz CT molecular complexity index is 931. The Morgan fingerprint density at radius 2 is 1.83 bits per heavy atom. The summed E-state index contributed by atoms with van der Waals surface area (Å²) in [5.74, 6) is -0.714. The highest BCUT2D eigenvalue weighted by Crippen LogP contribution is 2.27. The van der Waals surface area contributed by atoms with Crippen LogP contribution in [0.15, 0.2) is 59.6 Å². The zero-order valence-electron chi connectivity index (χ0n) is 12.1. The van der Waals surface area contributed by atoms with E-state index in [4.69, 9.17) is 11.5 Å². The fraction of sp³-hybridized carbons (Fsp3) is 0. The first-order valence-corrected chi connectivity index (χ1v) is 6.88. The third kappa shape index (κ3) is 2.96. The topological polar surface area (TPSA) is 115 Å². The zero-order chi connectivity index (χ0) is 16.4. The number of hydrogen-bond donors (Lipinski definition) is 3. The SMILES string of the molecule is NC(N)=NC(=O)c1cc(-c2cccc(O)c2)nc2ccccc12. The Balaban J connectivity index is 2.26. The number of rotatable bonds is 2. The smallest absolute Gasteiger partial charge is 0.280 e. The number of hydrogen-bond acceptors (Lipinski definition) is 3. The van der Waals surface area contributed by atoms with E-state index >= 15 is 0 Å². The van der Waals surface area contributed by atoms with Crippen molar-refractivity contribution < 1.29 is 9.90 Å². The van der Waals surface area contributed by atoms with Crippen LogP contribution in [0.25, 0.3) is 22.2 Å². The van der Waals surface area contributed by atoms with Gasteiger partial charge in [-0.2, -0.15) is 4.99 Å². The highest BCUT2D eigenvalue weighted by Gasteiger charge is 2.13. The molecule has 3 aromatic rings. The van der Waals surface area contributed by atoms with Crippen molar-refractivity contribution in [3.05, 3.63) is 60.2 Å². The highest BCUT2D eigenvalue weighted by molar-refractivity contribution is 6.10. The van der Waals surface area contributed by atoms with E-state index in [-0.39, 0.29) is 11.7 Å². The van der Waals surface area contributed by atoms with Crippen molar-refractivity contribution in [1.82, 2.24) is 4.98 Å². The van der Waals surface area contributed by atoms with Gasteiger partial charge in [-0.15, -0.1) is 0 Å². The number of nitrogens with zero attached hydrogens (tertiary/aromatic N) is 2. The van der Waals surface area contributed by atoms with Gasteiger partial charge < -0.3 is 16.6 Å². The minimum absolute atomic E-state index is 0.120. The number of guanidine groups is 1. The molecule has 0 bridgehead atoms. The van der Waals surface area contributed by atoms with Gasteiger partial charge in [0.05, 0.1) is 16.8 Å². The van der Waals surface area contributed by atoms with E-state index < -0.39 is 5.91 Å². The molecule has 0 spiro atoms. The van der Waals surface area contributed by atoms with Crippen LogP contribution in [0.5, 0.6) is 5.75 Å². The molecule has 1 amide bonds. The summed E-state index contributed by atoms with van der Waals surface area (Å²) >= 11 is 0. The van der Waals surface area contributed by atoms with E-state index in [2.05, 4.69) is 9.98 Å². The third-order valence-corrected chi connectivity index (χ3v) is 3.32. The summed E-state index contributed by atoms with van der Waals surface area (Å²) in [4.78, 5) is 20.4. The summed E-state index contributed by atoms with van der Waals surface area (Å²) in [6, 6.07) is 15.5. The molecule has 1 aromatic heterocycles. The monoisotopic (exact) mass is 306 g/mol. The molecule has 0 aliphatic carbocycles. The number of amides is 1. The van der Waals surface area contributed by atoms with E-state index in [1.807, 2.05) is 12.1 Å². The van der Waals surface area contributed by atoms with Crippen LogP contribution >= 0.6 is 0 Å². The Hall–Kier alpha value is -3.41. The molecule has 0 fully saturated rings. The molecule has 114 valence electrons. The lowest BCUT2D eigenvalue weighted by atomic mass is 10.0. The number of aliphatic imine (C=N–C) groups is 1. The number of carbonyl (C=O) groups excluding carboxylic acids is 1. The fourth-order valence-electron chi connectivity index (χ4n) is 2.34. The molecule has 0 unspecified atom stereocenters. The first kappa shape index (κ1) is 14.5. The van der Waals surface area contributed by atoms with Crippen LogP contribution in [0.2, 0.25) is 0 Å². The zero-order valence-corrected chi connectivity index (χ0v) is 12.1. The van der Waals surface area contributed by atoms with Crippen LogP contribution in [0.3, 0.4) is 0 Å². The number of aromatic hydroxyl groups is 1. The molecular formula is C17H14N4O2. The molecule has 5 N–H and O–H groups in total. The van der Waals surface area contributed by atoms with E-state index in [9.17, 15) is 9.90 Å². The van der Waals surface area contributed by atoms with Gasteiger partial charge in [0, 0.05) is 10.9 Å². The fourth-order valence-corrected chi connectivity index (χ4v) is 2.34. The minimum atomic E-state index is -0.537. The second-order valence-electron chi connectivity index (χ2n) is 4.96. The lowest BCUT2D eigenvalue weighted by Gasteiger charge is -2.08. The number of carbonyl (C=O) groups is 1. The number of pyridine rings is 1. The molecule has 2 aromatic carbocycles. The Morgan fingerprint density at radius 1 is 1.04 bits per heavy atom. The van der Waals surface area contributed by atoms with Crippen LogP contribution in [-0.2, 0) is 0 Å². The number of para-hydroxylation sites is 1. The number of fused-ring (bicyclic) bond motifs is 1. The van der Waals surface area contributed by atoms with Crippen LogP contribution in [0, 0.1) is 0 Å². The maximum Gasteiger partial charge on any atom is 0.280 e.